The van der Waals surface area contributed by atoms with Gasteiger partial charge in [-0.1, -0.05) is 12.1 Å². The molecule has 0 saturated carbocycles. The van der Waals surface area contributed by atoms with E-state index in [1.165, 1.54) is 24.4 Å². The van der Waals surface area contributed by atoms with Crippen LogP contribution in [0, 0.1) is 10.1 Å². The molecule has 0 radical (unpaired) electrons. The Morgan fingerprint density at radius 1 is 1.47 bits per heavy atom. The van der Waals surface area contributed by atoms with Crippen LogP contribution in [-0.2, 0) is 0 Å². The molecule has 0 saturated heterocycles. The maximum absolute atomic E-state index is 10.8. The van der Waals surface area contributed by atoms with Crippen molar-refractivity contribution < 1.29 is 14.8 Å². The molecule has 6 nitrogen and oxygen atoms in total. The van der Waals surface area contributed by atoms with Gasteiger partial charge in [-0.05, 0) is 0 Å². The van der Waals surface area contributed by atoms with Crippen LogP contribution in [0.3, 0.4) is 0 Å². The molecule has 0 atom stereocenters. The average molecular weight is 206 g/mol. The van der Waals surface area contributed by atoms with Crippen LogP contribution < -0.4 is 0 Å². The number of benzene rings is 1. The number of carboxylic acids is 1. The summed E-state index contributed by atoms with van der Waals surface area (Å²) in [7, 11) is 0. The number of aromatic nitrogens is 1. The SMILES string of the molecule is O=C(O)c1c[nH]c2c([N+](=O)[O-])cccc12. The van der Waals surface area contributed by atoms with Crippen LogP contribution in [0.5, 0.6) is 0 Å². The van der Waals surface area contributed by atoms with E-state index < -0.39 is 10.9 Å². The first-order valence-electron chi connectivity index (χ1n) is 4.09. The van der Waals surface area contributed by atoms with Crippen LogP contribution in [-0.4, -0.2) is 21.0 Å². The van der Waals surface area contributed by atoms with Crippen LogP contribution in [0.1, 0.15) is 10.4 Å². The fraction of sp³-hybridized carbons (Fsp3) is 0. The highest BCUT2D eigenvalue weighted by Gasteiger charge is 2.17. The van der Waals surface area contributed by atoms with E-state index in [1.807, 2.05) is 0 Å². The lowest BCUT2D eigenvalue weighted by Gasteiger charge is -1.93. The topological polar surface area (TPSA) is 96.2 Å². The number of hydrogen-bond acceptors (Lipinski definition) is 3. The Balaban J connectivity index is 2.80. The minimum atomic E-state index is -1.11. The predicted octanol–water partition coefficient (Wildman–Crippen LogP) is 1.77. The normalized spacial score (nSPS) is 10.4. The summed E-state index contributed by atoms with van der Waals surface area (Å²) in [5, 5.41) is 19.8. The van der Waals surface area contributed by atoms with Crippen molar-refractivity contribution in [3.05, 3.63) is 40.1 Å². The number of aromatic amines is 1. The van der Waals surface area contributed by atoms with Gasteiger partial charge in [-0.25, -0.2) is 4.79 Å². The van der Waals surface area contributed by atoms with Gasteiger partial charge in [0.15, 0.2) is 0 Å². The number of nitro benzene ring substituents is 1. The molecule has 0 unspecified atom stereocenters. The number of nitro groups is 1. The van der Waals surface area contributed by atoms with Crippen molar-refractivity contribution in [2.75, 3.05) is 0 Å². The molecule has 0 aliphatic rings. The zero-order valence-corrected chi connectivity index (χ0v) is 7.43. The third kappa shape index (κ3) is 1.32. The first kappa shape index (κ1) is 9.20. The van der Waals surface area contributed by atoms with Gasteiger partial charge in [-0.15, -0.1) is 0 Å². The Morgan fingerprint density at radius 2 is 2.20 bits per heavy atom. The van der Waals surface area contributed by atoms with E-state index in [1.54, 1.807) is 0 Å². The van der Waals surface area contributed by atoms with Gasteiger partial charge in [0.2, 0.25) is 0 Å². The maximum atomic E-state index is 10.8. The van der Waals surface area contributed by atoms with Gasteiger partial charge in [0.25, 0.3) is 5.69 Å². The third-order valence-corrected chi connectivity index (χ3v) is 2.12. The number of hydrogen-bond donors (Lipinski definition) is 2. The number of nitrogens with zero attached hydrogens (tertiary/aromatic N) is 1. The average Bonchev–Trinajstić information content (AvgIpc) is 2.59. The Bertz CT molecular complexity index is 558. The molecule has 0 aliphatic carbocycles. The molecule has 2 aromatic rings. The van der Waals surface area contributed by atoms with Crippen LogP contribution in [0.4, 0.5) is 5.69 Å². The Hall–Kier alpha value is -2.37. The van der Waals surface area contributed by atoms with Crippen molar-refractivity contribution in [2.45, 2.75) is 0 Å². The number of H-pyrrole nitrogens is 1. The molecule has 2 N–H and O–H groups in total. The second kappa shape index (κ2) is 3.09. The van der Waals surface area contributed by atoms with Crippen LogP contribution in [0.15, 0.2) is 24.4 Å². The summed E-state index contributed by atoms with van der Waals surface area (Å²) in [6, 6.07) is 4.31. The third-order valence-electron chi connectivity index (χ3n) is 2.12. The lowest BCUT2D eigenvalue weighted by Crippen LogP contribution is -1.94. The highest BCUT2D eigenvalue weighted by Crippen LogP contribution is 2.26. The molecular formula is C9H6N2O4. The first-order valence-corrected chi connectivity index (χ1v) is 4.09. The van der Waals surface area contributed by atoms with Crippen molar-refractivity contribution in [2.24, 2.45) is 0 Å². The van der Waals surface area contributed by atoms with E-state index in [0.717, 1.165) is 0 Å². The molecule has 6 heteroatoms. The molecule has 76 valence electrons. The standard InChI is InChI=1S/C9H6N2O4/c12-9(13)6-4-10-8-5(6)2-1-3-7(8)11(14)15/h1-4,10H,(H,12,13). The lowest BCUT2D eigenvalue weighted by atomic mass is 10.1. The van der Waals surface area contributed by atoms with Gasteiger partial charge in [-0.2, -0.15) is 0 Å². The quantitative estimate of drug-likeness (QED) is 0.578. The molecule has 0 amide bonds. The number of para-hydroxylation sites is 1. The summed E-state index contributed by atoms with van der Waals surface area (Å²) < 4.78 is 0. The van der Waals surface area contributed by atoms with E-state index in [-0.39, 0.29) is 16.8 Å². The predicted molar refractivity (Wildman–Crippen MR) is 51.9 cm³/mol. The fourth-order valence-electron chi connectivity index (χ4n) is 1.47. The molecule has 1 aromatic heterocycles. The zero-order valence-electron chi connectivity index (χ0n) is 7.43. The molecule has 15 heavy (non-hydrogen) atoms. The van der Waals surface area contributed by atoms with Crippen molar-refractivity contribution in [3.63, 3.8) is 0 Å². The summed E-state index contributed by atoms with van der Waals surface area (Å²) in [4.78, 5) is 23.4. The zero-order chi connectivity index (χ0) is 11.0. The maximum Gasteiger partial charge on any atom is 0.337 e. The van der Waals surface area contributed by atoms with Gasteiger partial charge in [0, 0.05) is 17.6 Å². The molecule has 0 fully saturated rings. The highest BCUT2D eigenvalue weighted by molar-refractivity contribution is 6.05. The van der Waals surface area contributed by atoms with Crippen molar-refractivity contribution in [1.82, 2.24) is 4.98 Å². The van der Waals surface area contributed by atoms with Crippen molar-refractivity contribution >= 4 is 22.6 Å². The number of rotatable bonds is 2. The van der Waals surface area contributed by atoms with E-state index >= 15 is 0 Å². The Labute approximate surface area is 83.3 Å². The molecule has 0 spiro atoms. The summed E-state index contributed by atoms with van der Waals surface area (Å²) in [6.07, 6.45) is 1.25. The van der Waals surface area contributed by atoms with Gasteiger partial charge < -0.3 is 10.1 Å². The second-order valence-corrected chi connectivity index (χ2v) is 2.96. The van der Waals surface area contributed by atoms with Crippen LogP contribution in [0.2, 0.25) is 0 Å². The first-order chi connectivity index (χ1) is 7.11. The summed E-state index contributed by atoms with van der Waals surface area (Å²) in [6.45, 7) is 0. The van der Waals surface area contributed by atoms with Gasteiger partial charge >= 0.3 is 5.97 Å². The minimum Gasteiger partial charge on any atom is -0.478 e. The van der Waals surface area contributed by atoms with E-state index in [2.05, 4.69) is 4.98 Å². The van der Waals surface area contributed by atoms with Crippen LogP contribution >= 0.6 is 0 Å². The number of carboxylic acid groups (broad SMARTS) is 1. The smallest absolute Gasteiger partial charge is 0.337 e. The monoisotopic (exact) mass is 206 g/mol. The lowest BCUT2D eigenvalue weighted by molar-refractivity contribution is -0.383. The summed E-state index contributed by atoms with van der Waals surface area (Å²) in [5.41, 5.74) is 0.147. The van der Waals surface area contributed by atoms with Gasteiger partial charge in [0.1, 0.15) is 5.52 Å². The number of fused-ring (bicyclic) bond motifs is 1. The number of non-ortho nitro benzene ring substituents is 1. The number of carbonyl (C=O) groups is 1. The molecule has 0 bridgehead atoms. The van der Waals surface area contributed by atoms with Crippen molar-refractivity contribution in [3.8, 4) is 0 Å². The summed E-state index contributed by atoms with van der Waals surface area (Å²) in [5.74, 6) is -1.11. The van der Waals surface area contributed by atoms with Crippen molar-refractivity contribution in [1.29, 1.82) is 0 Å². The molecule has 1 heterocycles. The largest absolute Gasteiger partial charge is 0.478 e. The van der Waals surface area contributed by atoms with E-state index in [4.69, 9.17) is 5.11 Å². The fourth-order valence-corrected chi connectivity index (χ4v) is 1.47. The number of nitrogens with one attached hydrogen (secondary N) is 1. The molecular weight excluding hydrogens is 200 g/mol. The minimum absolute atomic E-state index is 0.0358. The van der Waals surface area contributed by atoms with Crippen LogP contribution in [0.25, 0.3) is 10.9 Å². The van der Waals surface area contributed by atoms with Gasteiger partial charge in [0.05, 0.1) is 10.5 Å². The summed E-state index contributed by atoms with van der Waals surface area (Å²) >= 11 is 0. The molecule has 1 aromatic carbocycles. The highest BCUT2D eigenvalue weighted by atomic mass is 16.6. The Kier molecular flexibility index (Phi) is 1.89. The molecule has 2 rings (SSSR count). The van der Waals surface area contributed by atoms with E-state index in [0.29, 0.717) is 5.39 Å². The van der Waals surface area contributed by atoms with E-state index in [9.17, 15) is 14.9 Å². The Morgan fingerprint density at radius 3 is 2.80 bits per heavy atom. The number of aromatic carboxylic acids is 1. The second-order valence-electron chi connectivity index (χ2n) is 2.96. The molecule has 0 aliphatic heterocycles. The van der Waals surface area contributed by atoms with Gasteiger partial charge in [-0.3, -0.25) is 10.1 Å².